The number of unbranched alkanes of at least 4 members (excludes halogenated alkanes) is 5. The minimum Gasteiger partial charge on any atom is -0.374 e. The van der Waals surface area contributed by atoms with Crippen LogP contribution in [-0.4, -0.2) is 18.2 Å². The van der Waals surface area contributed by atoms with Crippen LogP contribution in [0.2, 0.25) is 0 Å². The van der Waals surface area contributed by atoms with E-state index in [2.05, 4.69) is 19.3 Å². The number of ether oxygens (including phenoxy) is 1. The van der Waals surface area contributed by atoms with Gasteiger partial charge in [-0.2, -0.15) is 0 Å². The van der Waals surface area contributed by atoms with Crippen LogP contribution >= 0.6 is 0 Å². The molecule has 3 N–H and O–H groups in total. The molecule has 2 atom stereocenters. The molecule has 2 unspecified atom stereocenters. The van der Waals surface area contributed by atoms with E-state index in [9.17, 15) is 0 Å². The highest BCUT2D eigenvalue weighted by atomic mass is 16.5. The van der Waals surface area contributed by atoms with Crippen molar-refractivity contribution in [2.45, 2.75) is 89.7 Å². The number of hydrogen-bond donors (Lipinski definition) is 2. The zero-order chi connectivity index (χ0) is 13.3. The van der Waals surface area contributed by atoms with Crippen molar-refractivity contribution < 1.29 is 4.74 Å². The molecule has 0 amide bonds. The predicted octanol–water partition coefficient (Wildman–Crippen LogP) is 3.53. The highest BCUT2D eigenvalue weighted by Crippen LogP contribution is 2.30. The van der Waals surface area contributed by atoms with E-state index >= 15 is 0 Å². The molecule has 108 valence electrons. The minimum atomic E-state index is -0.0452. The van der Waals surface area contributed by atoms with Crippen molar-refractivity contribution in [3.05, 3.63) is 0 Å². The van der Waals surface area contributed by atoms with Gasteiger partial charge in [-0.1, -0.05) is 45.4 Å². The Bertz CT molecular complexity index is 203. The summed E-state index contributed by atoms with van der Waals surface area (Å²) in [5.74, 6) is 5.72. The van der Waals surface area contributed by atoms with E-state index in [0.29, 0.717) is 6.04 Å². The lowest BCUT2D eigenvalue weighted by Gasteiger charge is -2.40. The smallest absolute Gasteiger partial charge is 0.0820 e. The Labute approximate surface area is 113 Å². The summed E-state index contributed by atoms with van der Waals surface area (Å²) in [7, 11) is 0. The summed E-state index contributed by atoms with van der Waals surface area (Å²) in [6.07, 6.45) is 12.8. The molecule has 3 nitrogen and oxygen atoms in total. The Balaban J connectivity index is 2.20. The van der Waals surface area contributed by atoms with Crippen LogP contribution in [0.5, 0.6) is 0 Å². The Morgan fingerprint density at radius 2 is 1.89 bits per heavy atom. The van der Waals surface area contributed by atoms with Gasteiger partial charge in [0.2, 0.25) is 0 Å². The molecule has 0 aliphatic carbocycles. The first-order valence-electron chi connectivity index (χ1n) is 7.83. The summed E-state index contributed by atoms with van der Waals surface area (Å²) in [5, 5.41) is 0. The molecule has 1 aliphatic heterocycles. The van der Waals surface area contributed by atoms with Gasteiger partial charge in [-0.05, 0) is 32.6 Å². The third kappa shape index (κ3) is 5.25. The highest BCUT2D eigenvalue weighted by molar-refractivity contribution is 4.90. The first kappa shape index (κ1) is 15.9. The summed E-state index contributed by atoms with van der Waals surface area (Å²) >= 11 is 0. The first-order valence-corrected chi connectivity index (χ1v) is 7.83. The van der Waals surface area contributed by atoms with Crippen LogP contribution < -0.4 is 11.3 Å². The van der Waals surface area contributed by atoms with Gasteiger partial charge in [0.25, 0.3) is 0 Å². The Kier molecular flexibility index (Phi) is 7.87. The standard InChI is InChI=1S/C15H32N2O/c1-3-4-5-6-7-8-11-14(17-16)15(2)12-9-10-13-18-15/h14,17H,3-13,16H2,1-2H3. The molecule has 18 heavy (non-hydrogen) atoms. The Morgan fingerprint density at radius 3 is 2.50 bits per heavy atom. The quantitative estimate of drug-likeness (QED) is 0.377. The van der Waals surface area contributed by atoms with Crippen LogP contribution in [0.25, 0.3) is 0 Å². The average molecular weight is 256 g/mol. The summed E-state index contributed by atoms with van der Waals surface area (Å²) < 4.78 is 5.97. The third-order valence-corrected chi connectivity index (χ3v) is 4.28. The van der Waals surface area contributed by atoms with Gasteiger partial charge >= 0.3 is 0 Å². The molecule has 0 bridgehead atoms. The molecule has 0 aromatic rings. The van der Waals surface area contributed by atoms with Gasteiger partial charge in [0, 0.05) is 12.6 Å². The molecule has 1 saturated heterocycles. The molecular weight excluding hydrogens is 224 g/mol. The first-order chi connectivity index (χ1) is 8.73. The van der Waals surface area contributed by atoms with Crippen molar-refractivity contribution in [2.75, 3.05) is 6.61 Å². The van der Waals surface area contributed by atoms with Crippen LogP contribution in [0, 0.1) is 0 Å². The molecule has 0 spiro atoms. The number of nitrogens with two attached hydrogens (primary N) is 1. The normalized spacial score (nSPS) is 26.2. The lowest BCUT2D eigenvalue weighted by molar-refractivity contribution is -0.0904. The van der Waals surface area contributed by atoms with Crippen molar-refractivity contribution in [1.29, 1.82) is 0 Å². The SMILES string of the molecule is CCCCCCCCC(NN)C1(C)CCCCO1. The molecule has 1 heterocycles. The van der Waals surface area contributed by atoms with E-state index in [1.807, 2.05) is 0 Å². The number of rotatable bonds is 9. The maximum atomic E-state index is 5.97. The zero-order valence-corrected chi connectivity index (χ0v) is 12.3. The molecule has 3 heteroatoms. The van der Waals surface area contributed by atoms with Gasteiger partial charge in [-0.3, -0.25) is 11.3 Å². The fourth-order valence-corrected chi connectivity index (χ4v) is 2.92. The van der Waals surface area contributed by atoms with E-state index in [0.717, 1.165) is 19.4 Å². The van der Waals surface area contributed by atoms with Crippen molar-refractivity contribution in [3.8, 4) is 0 Å². The minimum absolute atomic E-state index is 0.0452. The maximum Gasteiger partial charge on any atom is 0.0820 e. The van der Waals surface area contributed by atoms with Crippen molar-refractivity contribution in [2.24, 2.45) is 5.84 Å². The van der Waals surface area contributed by atoms with Crippen LogP contribution in [0.15, 0.2) is 0 Å². The van der Waals surface area contributed by atoms with Crippen molar-refractivity contribution in [1.82, 2.24) is 5.43 Å². The molecule has 1 aliphatic rings. The number of hydrazine groups is 1. The molecule has 1 fully saturated rings. The fraction of sp³-hybridized carbons (Fsp3) is 1.00. The van der Waals surface area contributed by atoms with E-state index in [1.165, 1.54) is 51.4 Å². The highest BCUT2D eigenvalue weighted by Gasteiger charge is 2.35. The monoisotopic (exact) mass is 256 g/mol. The molecule has 1 rings (SSSR count). The van der Waals surface area contributed by atoms with Gasteiger partial charge in [-0.25, -0.2) is 0 Å². The van der Waals surface area contributed by atoms with Crippen LogP contribution in [0.1, 0.15) is 78.1 Å². The topological polar surface area (TPSA) is 47.3 Å². The molecular formula is C15H32N2O. The largest absolute Gasteiger partial charge is 0.374 e. The van der Waals surface area contributed by atoms with Crippen molar-refractivity contribution >= 4 is 0 Å². The molecule has 0 radical (unpaired) electrons. The second-order valence-corrected chi connectivity index (χ2v) is 5.89. The molecule has 0 aromatic heterocycles. The number of nitrogens with one attached hydrogen (secondary N) is 1. The van der Waals surface area contributed by atoms with Crippen LogP contribution in [-0.2, 0) is 4.74 Å². The summed E-state index contributed by atoms with van der Waals surface area (Å²) in [6, 6.07) is 0.309. The zero-order valence-electron chi connectivity index (χ0n) is 12.3. The second-order valence-electron chi connectivity index (χ2n) is 5.89. The predicted molar refractivity (Wildman–Crippen MR) is 77.3 cm³/mol. The third-order valence-electron chi connectivity index (χ3n) is 4.28. The van der Waals surface area contributed by atoms with Gasteiger partial charge in [0.1, 0.15) is 0 Å². The summed E-state index contributed by atoms with van der Waals surface area (Å²) in [4.78, 5) is 0. The average Bonchev–Trinajstić information content (AvgIpc) is 2.38. The van der Waals surface area contributed by atoms with Crippen LogP contribution in [0.3, 0.4) is 0 Å². The number of hydrogen-bond acceptors (Lipinski definition) is 3. The summed E-state index contributed by atoms with van der Waals surface area (Å²) in [6.45, 7) is 5.37. The fourth-order valence-electron chi connectivity index (χ4n) is 2.92. The van der Waals surface area contributed by atoms with E-state index in [-0.39, 0.29) is 5.60 Å². The lowest BCUT2D eigenvalue weighted by atomic mass is 9.85. The summed E-state index contributed by atoms with van der Waals surface area (Å²) in [5.41, 5.74) is 2.94. The van der Waals surface area contributed by atoms with E-state index in [4.69, 9.17) is 10.6 Å². The lowest BCUT2D eigenvalue weighted by Crippen LogP contribution is -2.54. The van der Waals surface area contributed by atoms with Crippen LogP contribution in [0.4, 0.5) is 0 Å². The van der Waals surface area contributed by atoms with E-state index in [1.54, 1.807) is 0 Å². The molecule has 0 saturated carbocycles. The van der Waals surface area contributed by atoms with Gasteiger partial charge in [-0.15, -0.1) is 0 Å². The Morgan fingerprint density at radius 1 is 1.17 bits per heavy atom. The van der Waals surface area contributed by atoms with Gasteiger partial charge in [0.05, 0.1) is 5.60 Å². The maximum absolute atomic E-state index is 5.97. The van der Waals surface area contributed by atoms with E-state index < -0.39 is 0 Å². The van der Waals surface area contributed by atoms with Gasteiger partial charge < -0.3 is 4.74 Å². The van der Waals surface area contributed by atoms with Crippen molar-refractivity contribution in [3.63, 3.8) is 0 Å². The Hall–Kier alpha value is -0.120. The van der Waals surface area contributed by atoms with Gasteiger partial charge in [0.15, 0.2) is 0 Å². The second kappa shape index (κ2) is 8.89. The molecule has 0 aromatic carbocycles.